The predicted octanol–water partition coefficient (Wildman–Crippen LogP) is 3.77. The van der Waals surface area contributed by atoms with Gasteiger partial charge in [0.15, 0.2) is 15.0 Å². The van der Waals surface area contributed by atoms with Gasteiger partial charge in [0.05, 0.1) is 15.8 Å². The third-order valence-electron chi connectivity index (χ3n) is 4.62. The van der Waals surface area contributed by atoms with Crippen LogP contribution in [0.15, 0.2) is 29.2 Å². The standard InChI is InChI=1S/C19H25N3O3S2.ClH/c1-4-9-22-10-8-16-17(12-22)26-19(20-16)21-18(23)14-6-5-7-15(11-14)27(24,25)13(2)3;/h5-7,11,13H,4,8-10,12H2,1-3H3,(H,20,21,23);1H. The number of carbonyl (C=O) groups is 1. The molecule has 1 aliphatic heterocycles. The maximum Gasteiger partial charge on any atom is 0.257 e. The molecule has 1 aromatic carbocycles. The van der Waals surface area contributed by atoms with E-state index >= 15 is 0 Å². The van der Waals surface area contributed by atoms with E-state index < -0.39 is 15.1 Å². The number of nitrogens with zero attached hydrogens (tertiary/aromatic N) is 2. The van der Waals surface area contributed by atoms with Gasteiger partial charge >= 0.3 is 0 Å². The Bertz CT molecular complexity index is 942. The normalized spacial score (nSPS) is 14.4. The van der Waals surface area contributed by atoms with E-state index in [9.17, 15) is 13.2 Å². The first-order valence-electron chi connectivity index (χ1n) is 9.17. The molecule has 0 spiro atoms. The Morgan fingerprint density at radius 2 is 2.11 bits per heavy atom. The van der Waals surface area contributed by atoms with E-state index in [1.165, 1.54) is 28.3 Å². The fraction of sp³-hybridized carbons (Fsp3) is 0.474. The molecule has 9 heteroatoms. The molecule has 6 nitrogen and oxygen atoms in total. The topological polar surface area (TPSA) is 79.4 Å². The Balaban J connectivity index is 0.00000280. The van der Waals surface area contributed by atoms with Crippen LogP contribution in [0, 0.1) is 0 Å². The second-order valence-corrected chi connectivity index (χ2v) is 10.6. The molecular weight excluding hydrogens is 418 g/mol. The first kappa shape index (κ1) is 22.8. The van der Waals surface area contributed by atoms with Crippen molar-refractivity contribution in [1.29, 1.82) is 0 Å². The first-order chi connectivity index (χ1) is 12.8. The highest BCUT2D eigenvalue weighted by Crippen LogP contribution is 2.29. The van der Waals surface area contributed by atoms with Crippen molar-refractivity contribution in [2.75, 3.05) is 18.4 Å². The summed E-state index contributed by atoms with van der Waals surface area (Å²) in [5.74, 6) is -0.340. The second-order valence-electron chi connectivity index (χ2n) is 6.99. The zero-order valence-electron chi connectivity index (χ0n) is 16.3. The van der Waals surface area contributed by atoms with Gasteiger partial charge in [-0.05, 0) is 45.0 Å². The molecule has 0 aliphatic carbocycles. The summed E-state index contributed by atoms with van der Waals surface area (Å²) in [7, 11) is -3.42. The highest BCUT2D eigenvalue weighted by Gasteiger charge is 2.23. The van der Waals surface area contributed by atoms with Crippen molar-refractivity contribution < 1.29 is 13.2 Å². The molecule has 0 unspecified atom stereocenters. The number of anilines is 1. The molecule has 2 aromatic rings. The van der Waals surface area contributed by atoms with Crippen molar-refractivity contribution in [3.05, 3.63) is 40.4 Å². The van der Waals surface area contributed by atoms with Crippen LogP contribution < -0.4 is 5.32 Å². The van der Waals surface area contributed by atoms with Gasteiger partial charge in [-0.1, -0.05) is 13.0 Å². The number of rotatable bonds is 6. The molecule has 28 heavy (non-hydrogen) atoms. The van der Waals surface area contributed by atoms with Gasteiger partial charge in [0.2, 0.25) is 0 Å². The highest BCUT2D eigenvalue weighted by molar-refractivity contribution is 7.92. The zero-order valence-corrected chi connectivity index (χ0v) is 18.7. The fourth-order valence-corrected chi connectivity index (χ4v) is 5.21. The van der Waals surface area contributed by atoms with Crippen LogP contribution in [-0.4, -0.2) is 42.5 Å². The Kier molecular flexibility index (Phi) is 7.61. The van der Waals surface area contributed by atoms with Gasteiger partial charge in [-0.2, -0.15) is 0 Å². The molecule has 0 saturated heterocycles. The quantitative estimate of drug-likeness (QED) is 0.735. The third-order valence-corrected chi connectivity index (χ3v) is 7.77. The van der Waals surface area contributed by atoms with E-state index in [1.807, 2.05) is 0 Å². The van der Waals surface area contributed by atoms with Crippen molar-refractivity contribution >= 4 is 44.6 Å². The number of hydrogen-bond acceptors (Lipinski definition) is 6. The van der Waals surface area contributed by atoms with E-state index in [1.54, 1.807) is 26.0 Å². The lowest BCUT2D eigenvalue weighted by Crippen LogP contribution is -2.30. The SMILES string of the molecule is CCCN1CCc2nc(NC(=O)c3cccc(S(=O)(=O)C(C)C)c3)sc2C1.Cl. The Morgan fingerprint density at radius 1 is 1.36 bits per heavy atom. The van der Waals surface area contributed by atoms with Gasteiger partial charge in [0, 0.05) is 30.0 Å². The van der Waals surface area contributed by atoms with Crippen molar-refractivity contribution in [1.82, 2.24) is 9.88 Å². The molecule has 154 valence electrons. The molecule has 0 fully saturated rings. The minimum absolute atomic E-state index is 0. The Hall–Kier alpha value is -1.48. The van der Waals surface area contributed by atoms with Gasteiger partial charge in [0.1, 0.15) is 0 Å². The lowest BCUT2D eigenvalue weighted by molar-refractivity contribution is 0.102. The highest BCUT2D eigenvalue weighted by atomic mass is 35.5. The van der Waals surface area contributed by atoms with E-state index in [4.69, 9.17) is 0 Å². The van der Waals surface area contributed by atoms with Crippen LogP contribution in [0.5, 0.6) is 0 Å². The number of benzene rings is 1. The van der Waals surface area contributed by atoms with Crippen molar-refractivity contribution in [2.45, 2.75) is 50.3 Å². The van der Waals surface area contributed by atoms with Crippen LogP contribution in [0.3, 0.4) is 0 Å². The number of hydrogen-bond donors (Lipinski definition) is 1. The number of fused-ring (bicyclic) bond motifs is 1. The summed E-state index contributed by atoms with van der Waals surface area (Å²) in [6, 6.07) is 6.17. The number of amides is 1. The van der Waals surface area contributed by atoms with Crippen molar-refractivity contribution in [3.63, 3.8) is 0 Å². The fourth-order valence-electron chi connectivity index (χ4n) is 3.06. The minimum atomic E-state index is -3.42. The second kappa shape index (κ2) is 9.35. The van der Waals surface area contributed by atoms with E-state index in [2.05, 4.69) is 22.1 Å². The first-order valence-corrected chi connectivity index (χ1v) is 11.5. The average Bonchev–Trinajstić information content (AvgIpc) is 3.03. The lowest BCUT2D eigenvalue weighted by atomic mass is 10.2. The summed E-state index contributed by atoms with van der Waals surface area (Å²) in [5.41, 5.74) is 1.37. The van der Waals surface area contributed by atoms with Crippen LogP contribution in [0.2, 0.25) is 0 Å². The number of thiazole rings is 1. The summed E-state index contributed by atoms with van der Waals surface area (Å²) in [5, 5.41) is 2.86. The molecule has 1 aromatic heterocycles. The van der Waals surface area contributed by atoms with Crippen LogP contribution in [0.4, 0.5) is 5.13 Å². The van der Waals surface area contributed by atoms with Crippen LogP contribution in [0.25, 0.3) is 0 Å². The molecule has 0 radical (unpaired) electrons. The van der Waals surface area contributed by atoms with Gasteiger partial charge < -0.3 is 0 Å². The number of nitrogens with one attached hydrogen (secondary N) is 1. The average molecular weight is 444 g/mol. The molecular formula is C19H26ClN3O3S2. The minimum Gasteiger partial charge on any atom is -0.298 e. The third kappa shape index (κ3) is 4.92. The van der Waals surface area contributed by atoms with Gasteiger partial charge in [-0.15, -0.1) is 23.7 Å². The number of halogens is 1. The van der Waals surface area contributed by atoms with E-state index in [0.717, 1.165) is 38.2 Å². The van der Waals surface area contributed by atoms with E-state index in [0.29, 0.717) is 10.7 Å². The molecule has 2 heterocycles. The van der Waals surface area contributed by atoms with E-state index in [-0.39, 0.29) is 23.2 Å². The molecule has 0 bridgehead atoms. The number of carbonyl (C=O) groups excluding carboxylic acids is 1. The molecule has 1 N–H and O–H groups in total. The van der Waals surface area contributed by atoms with Gasteiger partial charge in [0.25, 0.3) is 5.91 Å². The molecule has 0 saturated carbocycles. The Labute approximate surface area is 176 Å². The Morgan fingerprint density at radius 3 is 2.79 bits per heavy atom. The number of sulfone groups is 1. The van der Waals surface area contributed by atoms with Gasteiger partial charge in [-0.25, -0.2) is 13.4 Å². The molecule has 0 atom stereocenters. The summed E-state index contributed by atoms with van der Waals surface area (Å²) in [6.45, 7) is 8.36. The smallest absolute Gasteiger partial charge is 0.257 e. The summed E-state index contributed by atoms with van der Waals surface area (Å²) in [4.78, 5) is 20.9. The zero-order chi connectivity index (χ0) is 19.6. The number of aromatic nitrogens is 1. The van der Waals surface area contributed by atoms with Crippen molar-refractivity contribution in [2.24, 2.45) is 0 Å². The molecule has 3 rings (SSSR count). The molecule has 1 amide bonds. The monoisotopic (exact) mass is 443 g/mol. The van der Waals surface area contributed by atoms with Crippen LogP contribution in [-0.2, 0) is 22.8 Å². The van der Waals surface area contributed by atoms with Gasteiger partial charge in [-0.3, -0.25) is 15.0 Å². The largest absolute Gasteiger partial charge is 0.298 e. The summed E-state index contributed by atoms with van der Waals surface area (Å²) >= 11 is 1.50. The van der Waals surface area contributed by atoms with Crippen molar-refractivity contribution in [3.8, 4) is 0 Å². The lowest BCUT2D eigenvalue weighted by Gasteiger charge is -2.24. The maximum atomic E-state index is 12.6. The molecule has 1 aliphatic rings. The summed E-state index contributed by atoms with van der Waals surface area (Å²) < 4.78 is 24.7. The van der Waals surface area contributed by atoms with Crippen LogP contribution in [0.1, 0.15) is 48.1 Å². The maximum absolute atomic E-state index is 12.6. The van der Waals surface area contributed by atoms with Crippen LogP contribution >= 0.6 is 23.7 Å². The predicted molar refractivity (Wildman–Crippen MR) is 115 cm³/mol. The summed E-state index contributed by atoms with van der Waals surface area (Å²) in [6.07, 6.45) is 2.01.